The van der Waals surface area contributed by atoms with E-state index in [1.165, 1.54) is 24.8 Å². The fourth-order valence-electron chi connectivity index (χ4n) is 2.83. The average Bonchev–Trinajstić information content (AvgIpc) is 3.18. The van der Waals surface area contributed by atoms with Crippen molar-refractivity contribution in [1.29, 1.82) is 0 Å². The van der Waals surface area contributed by atoms with Crippen molar-refractivity contribution >= 4 is 11.9 Å². The SMILES string of the molecule is CCCCCCOc1cc(C)ccc1CNC(=NC)NCc1ccc(C(N)=O)o1. The second kappa shape index (κ2) is 11.8. The maximum atomic E-state index is 11.1. The van der Waals surface area contributed by atoms with E-state index in [2.05, 4.69) is 47.7 Å². The summed E-state index contributed by atoms with van der Waals surface area (Å²) in [5.41, 5.74) is 7.45. The second-order valence-electron chi connectivity index (χ2n) is 6.93. The Morgan fingerprint density at radius 2 is 1.93 bits per heavy atom. The molecule has 1 aromatic heterocycles. The number of ether oxygens (including phenoxy) is 1. The number of amides is 1. The third-order valence-electron chi connectivity index (χ3n) is 4.48. The molecule has 1 heterocycles. The van der Waals surface area contributed by atoms with Crippen LogP contribution in [0, 0.1) is 6.92 Å². The summed E-state index contributed by atoms with van der Waals surface area (Å²) in [6.07, 6.45) is 4.71. The Labute approximate surface area is 172 Å². The number of nitrogens with zero attached hydrogens (tertiary/aromatic N) is 1. The number of guanidine groups is 1. The van der Waals surface area contributed by atoms with E-state index in [9.17, 15) is 4.79 Å². The van der Waals surface area contributed by atoms with E-state index in [4.69, 9.17) is 14.9 Å². The van der Waals surface area contributed by atoms with E-state index >= 15 is 0 Å². The highest BCUT2D eigenvalue weighted by Crippen LogP contribution is 2.21. The number of carbonyl (C=O) groups excluding carboxylic acids is 1. The van der Waals surface area contributed by atoms with Gasteiger partial charge in [-0.1, -0.05) is 38.3 Å². The molecule has 7 heteroatoms. The Balaban J connectivity index is 1.88. The number of rotatable bonds is 11. The first-order valence-corrected chi connectivity index (χ1v) is 10.1. The molecule has 0 saturated carbocycles. The Bertz CT molecular complexity index is 814. The molecule has 0 atom stereocenters. The molecule has 0 spiro atoms. The molecule has 2 rings (SSSR count). The molecule has 1 amide bonds. The molecule has 0 aliphatic rings. The first-order valence-electron chi connectivity index (χ1n) is 10.1. The summed E-state index contributed by atoms with van der Waals surface area (Å²) in [6.45, 7) is 5.96. The van der Waals surface area contributed by atoms with Crippen LogP contribution >= 0.6 is 0 Å². The van der Waals surface area contributed by atoms with Gasteiger partial charge in [0.15, 0.2) is 11.7 Å². The molecule has 0 saturated heterocycles. The van der Waals surface area contributed by atoms with Gasteiger partial charge in [0.05, 0.1) is 13.2 Å². The van der Waals surface area contributed by atoms with Gasteiger partial charge in [-0.25, -0.2) is 0 Å². The van der Waals surface area contributed by atoms with Crippen molar-refractivity contribution in [3.63, 3.8) is 0 Å². The third kappa shape index (κ3) is 7.52. The Morgan fingerprint density at radius 1 is 1.14 bits per heavy atom. The molecule has 0 bridgehead atoms. The fourth-order valence-corrected chi connectivity index (χ4v) is 2.83. The molecule has 0 unspecified atom stereocenters. The van der Waals surface area contributed by atoms with E-state index in [0.717, 1.165) is 24.3 Å². The van der Waals surface area contributed by atoms with Crippen LogP contribution in [0.15, 0.2) is 39.7 Å². The van der Waals surface area contributed by atoms with Gasteiger partial charge >= 0.3 is 0 Å². The lowest BCUT2D eigenvalue weighted by molar-refractivity contribution is 0.0972. The normalized spacial score (nSPS) is 11.3. The van der Waals surface area contributed by atoms with Gasteiger partial charge in [-0.15, -0.1) is 0 Å². The van der Waals surface area contributed by atoms with Crippen LogP contribution in [-0.2, 0) is 13.1 Å². The van der Waals surface area contributed by atoms with Crippen LogP contribution < -0.4 is 21.1 Å². The number of aryl methyl sites for hydroxylation is 1. The van der Waals surface area contributed by atoms with E-state index in [0.29, 0.717) is 24.8 Å². The average molecular weight is 401 g/mol. The number of nitrogens with two attached hydrogens (primary N) is 1. The van der Waals surface area contributed by atoms with E-state index < -0.39 is 5.91 Å². The largest absolute Gasteiger partial charge is 0.493 e. The van der Waals surface area contributed by atoms with E-state index in [1.54, 1.807) is 19.2 Å². The first-order chi connectivity index (χ1) is 14.0. The summed E-state index contributed by atoms with van der Waals surface area (Å²) in [5, 5.41) is 6.44. The molecule has 2 aromatic rings. The maximum Gasteiger partial charge on any atom is 0.284 e. The van der Waals surface area contributed by atoms with Crippen molar-refractivity contribution in [2.24, 2.45) is 10.7 Å². The number of benzene rings is 1. The number of nitrogens with one attached hydrogen (secondary N) is 2. The zero-order valence-electron chi connectivity index (χ0n) is 17.6. The molecule has 1 aromatic carbocycles. The van der Waals surface area contributed by atoms with Crippen molar-refractivity contribution in [2.75, 3.05) is 13.7 Å². The topological polar surface area (TPSA) is 102 Å². The van der Waals surface area contributed by atoms with E-state index in [1.807, 2.05) is 0 Å². The molecule has 0 aliphatic heterocycles. The number of hydrogen-bond donors (Lipinski definition) is 3. The predicted octanol–water partition coefficient (Wildman–Crippen LogP) is 3.51. The summed E-state index contributed by atoms with van der Waals surface area (Å²) >= 11 is 0. The van der Waals surface area contributed by atoms with Crippen LogP contribution in [-0.4, -0.2) is 25.5 Å². The van der Waals surface area contributed by atoms with Crippen LogP contribution in [0.2, 0.25) is 0 Å². The lowest BCUT2D eigenvalue weighted by atomic mass is 10.1. The Kier molecular flexibility index (Phi) is 9.08. The van der Waals surface area contributed by atoms with Crippen molar-refractivity contribution in [2.45, 2.75) is 52.6 Å². The summed E-state index contributed by atoms with van der Waals surface area (Å²) in [4.78, 5) is 15.3. The highest BCUT2D eigenvalue weighted by molar-refractivity contribution is 5.89. The minimum Gasteiger partial charge on any atom is -0.493 e. The van der Waals surface area contributed by atoms with Gasteiger partial charge < -0.3 is 25.5 Å². The van der Waals surface area contributed by atoms with Crippen LogP contribution in [0.25, 0.3) is 0 Å². The van der Waals surface area contributed by atoms with Crippen molar-refractivity contribution in [3.8, 4) is 5.75 Å². The summed E-state index contributed by atoms with van der Waals surface area (Å²) < 4.78 is 11.4. The summed E-state index contributed by atoms with van der Waals surface area (Å²) in [7, 11) is 1.70. The molecule has 0 fully saturated rings. The molecule has 4 N–H and O–H groups in total. The highest BCUT2D eigenvalue weighted by atomic mass is 16.5. The van der Waals surface area contributed by atoms with Gasteiger partial charge in [0.2, 0.25) is 0 Å². The lowest BCUT2D eigenvalue weighted by Gasteiger charge is -2.15. The highest BCUT2D eigenvalue weighted by Gasteiger charge is 2.09. The molecule has 29 heavy (non-hydrogen) atoms. The van der Waals surface area contributed by atoms with Gasteiger partial charge in [0.25, 0.3) is 5.91 Å². The molecule has 7 nitrogen and oxygen atoms in total. The third-order valence-corrected chi connectivity index (χ3v) is 4.48. The smallest absolute Gasteiger partial charge is 0.284 e. The quantitative estimate of drug-likeness (QED) is 0.304. The lowest BCUT2D eigenvalue weighted by Crippen LogP contribution is -2.36. The number of furan rings is 1. The Morgan fingerprint density at radius 3 is 2.62 bits per heavy atom. The molecular formula is C22H32N4O3. The van der Waals surface area contributed by atoms with Gasteiger partial charge in [-0.05, 0) is 37.1 Å². The van der Waals surface area contributed by atoms with Crippen LogP contribution in [0.1, 0.15) is 60.0 Å². The van der Waals surface area contributed by atoms with E-state index in [-0.39, 0.29) is 5.76 Å². The van der Waals surface area contributed by atoms with Crippen molar-refractivity contribution < 1.29 is 13.9 Å². The molecular weight excluding hydrogens is 368 g/mol. The number of unbranched alkanes of at least 4 members (excludes halogenated alkanes) is 3. The number of carbonyl (C=O) groups is 1. The van der Waals surface area contributed by atoms with Crippen molar-refractivity contribution in [3.05, 3.63) is 53.0 Å². The number of hydrogen-bond acceptors (Lipinski definition) is 4. The minimum absolute atomic E-state index is 0.144. The summed E-state index contributed by atoms with van der Waals surface area (Å²) in [5.74, 6) is 1.69. The molecule has 0 radical (unpaired) electrons. The Hall–Kier alpha value is -2.96. The van der Waals surface area contributed by atoms with Gasteiger partial charge in [0, 0.05) is 19.2 Å². The second-order valence-corrected chi connectivity index (χ2v) is 6.93. The van der Waals surface area contributed by atoms with Crippen molar-refractivity contribution in [1.82, 2.24) is 10.6 Å². The standard InChI is InChI=1S/C22H32N4O3/c1-4-5-6-7-12-28-20-13-16(2)8-9-17(20)14-25-22(24-3)26-15-18-10-11-19(29-18)21(23)27/h8-11,13H,4-7,12,14-15H2,1-3H3,(H2,23,27)(H2,24,25,26). The minimum atomic E-state index is -0.583. The first kappa shape index (κ1) is 22.3. The number of primary amides is 1. The van der Waals surface area contributed by atoms with Crippen LogP contribution in [0.4, 0.5) is 0 Å². The van der Waals surface area contributed by atoms with Gasteiger partial charge in [-0.2, -0.15) is 0 Å². The zero-order chi connectivity index (χ0) is 21.1. The van der Waals surface area contributed by atoms with Crippen LogP contribution in [0.5, 0.6) is 5.75 Å². The fraction of sp³-hybridized carbons (Fsp3) is 0.455. The molecule has 0 aliphatic carbocycles. The van der Waals surface area contributed by atoms with Crippen LogP contribution in [0.3, 0.4) is 0 Å². The monoisotopic (exact) mass is 400 g/mol. The molecule has 158 valence electrons. The predicted molar refractivity (Wildman–Crippen MR) is 115 cm³/mol. The van der Waals surface area contributed by atoms with Gasteiger partial charge in [-0.3, -0.25) is 9.79 Å². The van der Waals surface area contributed by atoms with Gasteiger partial charge in [0.1, 0.15) is 11.5 Å². The summed E-state index contributed by atoms with van der Waals surface area (Å²) in [6, 6.07) is 9.49. The zero-order valence-corrected chi connectivity index (χ0v) is 17.6. The maximum absolute atomic E-state index is 11.1. The number of aliphatic imine (C=N–C) groups is 1.